The third-order valence-corrected chi connectivity index (χ3v) is 5.33. The van der Waals surface area contributed by atoms with Gasteiger partial charge in [-0.15, -0.1) is 6.58 Å². The van der Waals surface area contributed by atoms with E-state index < -0.39 is 21.2 Å². The summed E-state index contributed by atoms with van der Waals surface area (Å²) in [4.78, 5) is 0.235. The van der Waals surface area contributed by atoms with Crippen LogP contribution in [0.25, 0.3) is 0 Å². The molecule has 0 radical (unpaired) electrons. The predicted molar refractivity (Wildman–Crippen MR) is 77.9 cm³/mol. The van der Waals surface area contributed by atoms with Crippen LogP contribution in [0.15, 0.2) is 41.8 Å². The van der Waals surface area contributed by atoms with Crippen molar-refractivity contribution in [3.63, 3.8) is 0 Å². The van der Waals surface area contributed by atoms with Gasteiger partial charge in [0.25, 0.3) is 0 Å². The molecule has 4 heteroatoms. The molecule has 3 nitrogen and oxygen atoms in total. The van der Waals surface area contributed by atoms with Crippen LogP contribution in [0.5, 0.6) is 0 Å². The maximum Gasteiger partial charge on any atom is 0.187 e. The molecule has 0 heterocycles. The van der Waals surface area contributed by atoms with Gasteiger partial charge in [0.2, 0.25) is 0 Å². The quantitative estimate of drug-likeness (QED) is 0.782. The largest absolute Gasteiger partial charge is 0.391 e. The van der Waals surface area contributed by atoms with Crippen molar-refractivity contribution in [1.29, 1.82) is 0 Å². The van der Waals surface area contributed by atoms with Crippen LogP contribution >= 0.6 is 0 Å². The highest BCUT2D eigenvalue weighted by atomic mass is 32.2. The molecule has 0 aliphatic carbocycles. The zero-order chi connectivity index (χ0) is 14.5. The highest BCUT2D eigenvalue weighted by Gasteiger charge is 2.30. The summed E-state index contributed by atoms with van der Waals surface area (Å²) in [7, 11) is -3.57. The summed E-state index contributed by atoms with van der Waals surface area (Å²) in [5.74, 6) is 0. The topological polar surface area (TPSA) is 54.4 Å². The van der Waals surface area contributed by atoms with Crippen LogP contribution in [0.1, 0.15) is 31.7 Å². The summed E-state index contributed by atoms with van der Waals surface area (Å²) in [6.07, 6.45) is 2.62. The van der Waals surface area contributed by atoms with Gasteiger partial charge in [-0.1, -0.05) is 43.5 Å². The Balaban J connectivity index is 3.01. The van der Waals surface area contributed by atoms with Crippen molar-refractivity contribution in [2.75, 3.05) is 0 Å². The Hall–Kier alpha value is -1.13. The van der Waals surface area contributed by atoms with E-state index in [9.17, 15) is 13.5 Å². The third-order valence-electron chi connectivity index (χ3n) is 3.17. The van der Waals surface area contributed by atoms with Crippen molar-refractivity contribution in [3.8, 4) is 0 Å². The van der Waals surface area contributed by atoms with Crippen molar-refractivity contribution >= 4 is 9.84 Å². The number of rotatable bonds is 7. The Kier molecular flexibility index (Phi) is 5.76. The molecule has 0 saturated heterocycles. The van der Waals surface area contributed by atoms with Crippen LogP contribution in [0.3, 0.4) is 0 Å². The van der Waals surface area contributed by atoms with Gasteiger partial charge in [-0.3, -0.25) is 0 Å². The molecule has 0 spiro atoms. The van der Waals surface area contributed by atoms with Gasteiger partial charge in [-0.25, -0.2) is 8.42 Å². The zero-order valence-corrected chi connectivity index (χ0v) is 12.4. The number of aryl methyl sites for hydroxylation is 1. The van der Waals surface area contributed by atoms with E-state index in [1.54, 1.807) is 24.3 Å². The Morgan fingerprint density at radius 3 is 2.37 bits per heavy atom. The molecule has 0 amide bonds. The van der Waals surface area contributed by atoms with E-state index in [4.69, 9.17) is 0 Å². The van der Waals surface area contributed by atoms with E-state index in [1.165, 1.54) is 6.08 Å². The van der Waals surface area contributed by atoms with Gasteiger partial charge in [0.05, 0.1) is 11.0 Å². The number of hydrogen-bond donors (Lipinski definition) is 1. The van der Waals surface area contributed by atoms with Crippen molar-refractivity contribution in [2.24, 2.45) is 0 Å². The first-order valence-electron chi connectivity index (χ1n) is 6.54. The average molecular weight is 282 g/mol. The molecular weight excluding hydrogens is 260 g/mol. The average Bonchev–Trinajstić information content (AvgIpc) is 2.37. The fourth-order valence-corrected chi connectivity index (χ4v) is 3.59. The standard InChI is InChI=1S/C15H22O3S/c1-4-6-7-14(16)15(5-2)19(17,18)13-10-8-12(3)9-11-13/h5,8-11,14-16H,2,4,6-7H2,1,3H3. The molecule has 1 aromatic rings. The molecule has 106 valence electrons. The Labute approximate surface area is 115 Å². The van der Waals surface area contributed by atoms with Gasteiger partial charge in [0, 0.05) is 0 Å². The van der Waals surface area contributed by atoms with Gasteiger partial charge in [0.1, 0.15) is 5.25 Å². The summed E-state index contributed by atoms with van der Waals surface area (Å²) in [6.45, 7) is 7.46. The molecule has 19 heavy (non-hydrogen) atoms. The number of unbranched alkanes of at least 4 members (excludes halogenated alkanes) is 1. The van der Waals surface area contributed by atoms with Crippen LogP contribution in [-0.2, 0) is 9.84 Å². The second-order valence-electron chi connectivity index (χ2n) is 4.77. The Morgan fingerprint density at radius 1 is 1.32 bits per heavy atom. The van der Waals surface area contributed by atoms with Crippen LogP contribution < -0.4 is 0 Å². The van der Waals surface area contributed by atoms with Gasteiger partial charge in [-0.05, 0) is 25.5 Å². The molecule has 0 saturated carbocycles. The number of benzene rings is 1. The van der Waals surface area contributed by atoms with Crippen LogP contribution in [0, 0.1) is 6.92 Å². The number of aliphatic hydroxyl groups is 1. The lowest BCUT2D eigenvalue weighted by molar-refractivity contribution is 0.166. The SMILES string of the molecule is C=CC(C(O)CCCC)S(=O)(=O)c1ccc(C)cc1. The van der Waals surface area contributed by atoms with Crippen molar-refractivity contribution in [1.82, 2.24) is 0 Å². The van der Waals surface area contributed by atoms with Crippen LogP contribution in [0.2, 0.25) is 0 Å². The highest BCUT2D eigenvalue weighted by molar-refractivity contribution is 7.92. The minimum absolute atomic E-state index is 0.235. The Bertz CT molecular complexity index is 503. The summed E-state index contributed by atoms with van der Waals surface area (Å²) >= 11 is 0. The minimum atomic E-state index is -3.57. The van der Waals surface area contributed by atoms with Gasteiger partial charge < -0.3 is 5.11 Å². The lowest BCUT2D eigenvalue weighted by Crippen LogP contribution is -2.32. The molecule has 0 fully saturated rings. The Morgan fingerprint density at radius 2 is 1.89 bits per heavy atom. The number of sulfone groups is 1. The van der Waals surface area contributed by atoms with E-state index in [0.29, 0.717) is 6.42 Å². The smallest absolute Gasteiger partial charge is 0.187 e. The zero-order valence-electron chi connectivity index (χ0n) is 11.5. The lowest BCUT2D eigenvalue weighted by Gasteiger charge is -2.20. The fourth-order valence-electron chi connectivity index (χ4n) is 1.95. The highest BCUT2D eigenvalue weighted by Crippen LogP contribution is 2.22. The second-order valence-corrected chi connectivity index (χ2v) is 6.87. The molecule has 0 aliphatic rings. The first-order valence-corrected chi connectivity index (χ1v) is 8.09. The predicted octanol–water partition coefficient (Wildman–Crippen LogP) is 2.87. The number of hydrogen-bond acceptors (Lipinski definition) is 3. The summed E-state index contributed by atoms with van der Waals surface area (Å²) in [6, 6.07) is 6.67. The molecular formula is C15H22O3S. The molecule has 1 N–H and O–H groups in total. The maximum atomic E-state index is 12.4. The van der Waals surface area contributed by atoms with E-state index >= 15 is 0 Å². The molecule has 0 aliphatic heterocycles. The van der Waals surface area contributed by atoms with Crippen LogP contribution in [-0.4, -0.2) is 24.9 Å². The van der Waals surface area contributed by atoms with Crippen LogP contribution in [0.4, 0.5) is 0 Å². The van der Waals surface area contributed by atoms with E-state index in [-0.39, 0.29) is 4.90 Å². The first-order chi connectivity index (χ1) is 8.93. The summed E-state index contributed by atoms with van der Waals surface area (Å²) in [5, 5.41) is 9.10. The van der Waals surface area contributed by atoms with E-state index in [1.807, 2.05) is 13.8 Å². The second kappa shape index (κ2) is 6.87. The van der Waals surface area contributed by atoms with Gasteiger partial charge in [0.15, 0.2) is 9.84 Å². The molecule has 0 bridgehead atoms. The molecule has 0 aromatic heterocycles. The van der Waals surface area contributed by atoms with Crippen molar-refractivity contribution < 1.29 is 13.5 Å². The lowest BCUT2D eigenvalue weighted by atomic mass is 10.1. The normalized spacial score (nSPS) is 14.9. The van der Waals surface area contributed by atoms with E-state index in [2.05, 4.69) is 6.58 Å². The molecule has 2 unspecified atom stereocenters. The third kappa shape index (κ3) is 3.91. The number of aliphatic hydroxyl groups excluding tert-OH is 1. The molecule has 1 rings (SSSR count). The summed E-state index contributed by atoms with van der Waals surface area (Å²) in [5.41, 5.74) is 1.00. The minimum Gasteiger partial charge on any atom is -0.391 e. The molecule has 1 aromatic carbocycles. The fraction of sp³-hybridized carbons (Fsp3) is 0.467. The van der Waals surface area contributed by atoms with Crippen molar-refractivity contribution in [3.05, 3.63) is 42.5 Å². The van der Waals surface area contributed by atoms with E-state index in [0.717, 1.165) is 18.4 Å². The first kappa shape index (κ1) is 15.9. The maximum absolute atomic E-state index is 12.4. The summed E-state index contributed by atoms with van der Waals surface area (Å²) < 4.78 is 24.9. The van der Waals surface area contributed by atoms with Gasteiger partial charge in [-0.2, -0.15) is 0 Å². The molecule has 2 atom stereocenters. The van der Waals surface area contributed by atoms with Gasteiger partial charge >= 0.3 is 0 Å². The monoisotopic (exact) mass is 282 g/mol. The van der Waals surface area contributed by atoms with Crippen molar-refractivity contribution in [2.45, 2.75) is 49.4 Å².